The minimum atomic E-state index is -0.338. The molecular formula is C24H30N4O3. The minimum absolute atomic E-state index is 0.0240. The Hall–Kier alpha value is -2.90. The maximum atomic E-state index is 13.3. The fraction of sp³-hybridized carbons (Fsp3) is 0.417. The third-order valence-electron chi connectivity index (χ3n) is 5.92. The Morgan fingerprint density at radius 1 is 1.10 bits per heavy atom. The number of hydrogen-bond donors (Lipinski definition) is 2. The lowest BCUT2D eigenvalue weighted by molar-refractivity contribution is -0.126. The number of carbonyl (C=O) groups excluding carboxylic acids is 2. The first kappa shape index (κ1) is 21.3. The predicted molar refractivity (Wildman–Crippen MR) is 121 cm³/mol. The lowest BCUT2D eigenvalue weighted by Gasteiger charge is -2.38. The summed E-state index contributed by atoms with van der Waals surface area (Å²) in [6.07, 6.45) is 0.981. The zero-order chi connectivity index (χ0) is 21.8. The monoisotopic (exact) mass is 422 g/mol. The van der Waals surface area contributed by atoms with Gasteiger partial charge in [-0.25, -0.2) is 10.4 Å². The van der Waals surface area contributed by atoms with E-state index in [9.17, 15) is 9.59 Å². The van der Waals surface area contributed by atoms with Crippen molar-refractivity contribution in [2.45, 2.75) is 26.3 Å². The number of benzene rings is 2. The lowest BCUT2D eigenvalue weighted by atomic mass is 9.84. The van der Waals surface area contributed by atoms with Crippen LogP contribution in [0.3, 0.4) is 0 Å². The maximum Gasteiger partial charge on any atom is 0.247 e. The Balaban J connectivity index is 1.53. The molecule has 2 N–H and O–H groups in total. The number of likely N-dealkylation sites (tertiary alicyclic amines) is 1. The molecule has 2 aliphatic heterocycles. The molecule has 0 aromatic heterocycles. The van der Waals surface area contributed by atoms with E-state index < -0.39 is 0 Å². The van der Waals surface area contributed by atoms with E-state index >= 15 is 0 Å². The van der Waals surface area contributed by atoms with E-state index in [4.69, 9.17) is 4.74 Å². The van der Waals surface area contributed by atoms with Crippen LogP contribution in [0.1, 0.15) is 20.3 Å². The SMILES string of the molecule is CCCN1CC(C(=O)Nc2ccc(OCC)cc2)C2NN(c3ccccc3)C(=O)C2C1. The van der Waals surface area contributed by atoms with Crippen LogP contribution < -0.4 is 20.5 Å². The summed E-state index contributed by atoms with van der Waals surface area (Å²) in [5, 5.41) is 4.65. The van der Waals surface area contributed by atoms with Crippen LogP contribution in [0.25, 0.3) is 0 Å². The molecule has 0 bridgehead atoms. The van der Waals surface area contributed by atoms with E-state index in [1.807, 2.05) is 61.5 Å². The number of ether oxygens (including phenoxy) is 1. The van der Waals surface area contributed by atoms with Crippen LogP contribution in [0.15, 0.2) is 54.6 Å². The Morgan fingerprint density at radius 2 is 1.84 bits per heavy atom. The number of anilines is 2. The first-order valence-corrected chi connectivity index (χ1v) is 11.0. The van der Waals surface area contributed by atoms with Crippen LogP contribution in [0.2, 0.25) is 0 Å². The van der Waals surface area contributed by atoms with Gasteiger partial charge in [-0.05, 0) is 56.3 Å². The predicted octanol–water partition coefficient (Wildman–Crippen LogP) is 2.90. The summed E-state index contributed by atoms with van der Waals surface area (Å²) < 4.78 is 5.47. The standard InChI is InChI=1S/C24H30N4O3/c1-3-14-27-15-20(23(29)25-17-10-12-19(13-11-17)31-4-2)22-21(16-27)24(30)28(26-22)18-8-6-5-7-9-18/h5-13,20-22,26H,3-4,14-16H2,1-2H3,(H,25,29). The van der Waals surface area contributed by atoms with Gasteiger partial charge >= 0.3 is 0 Å². The smallest absolute Gasteiger partial charge is 0.247 e. The van der Waals surface area contributed by atoms with E-state index in [1.165, 1.54) is 0 Å². The van der Waals surface area contributed by atoms with E-state index in [-0.39, 0.29) is 29.7 Å². The first-order valence-electron chi connectivity index (χ1n) is 11.0. The van der Waals surface area contributed by atoms with Crippen molar-refractivity contribution in [3.8, 4) is 5.75 Å². The highest BCUT2D eigenvalue weighted by atomic mass is 16.5. The van der Waals surface area contributed by atoms with Crippen LogP contribution in [-0.2, 0) is 9.59 Å². The molecule has 2 aromatic carbocycles. The molecule has 0 saturated carbocycles. The van der Waals surface area contributed by atoms with Gasteiger partial charge in [-0.2, -0.15) is 0 Å². The second-order valence-corrected chi connectivity index (χ2v) is 8.08. The average Bonchev–Trinajstić information content (AvgIpc) is 3.12. The average molecular weight is 423 g/mol. The van der Waals surface area contributed by atoms with Gasteiger partial charge in [0.15, 0.2) is 0 Å². The molecule has 0 aliphatic carbocycles. The van der Waals surface area contributed by atoms with Gasteiger partial charge in [0.2, 0.25) is 11.8 Å². The van der Waals surface area contributed by atoms with Gasteiger partial charge in [-0.3, -0.25) is 9.59 Å². The molecule has 7 heteroatoms. The van der Waals surface area contributed by atoms with E-state index in [0.717, 1.165) is 30.1 Å². The van der Waals surface area contributed by atoms with Crippen molar-refractivity contribution < 1.29 is 14.3 Å². The molecule has 164 valence electrons. The van der Waals surface area contributed by atoms with Crippen molar-refractivity contribution in [2.24, 2.45) is 11.8 Å². The summed E-state index contributed by atoms with van der Waals surface area (Å²) in [5.74, 6) is 0.131. The van der Waals surface area contributed by atoms with Gasteiger partial charge in [0, 0.05) is 18.8 Å². The number of rotatable bonds is 7. The van der Waals surface area contributed by atoms with Crippen molar-refractivity contribution in [3.05, 3.63) is 54.6 Å². The summed E-state index contributed by atoms with van der Waals surface area (Å²) in [7, 11) is 0. The molecule has 4 rings (SSSR count). The van der Waals surface area contributed by atoms with Gasteiger partial charge in [0.25, 0.3) is 0 Å². The van der Waals surface area contributed by atoms with Gasteiger partial charge in [-0.15, -0.1) is 0 Å². The quantitative estimate of drug-likeness (QED) is 0.718. The maximum absolute atomic E-state index is 13.3. The van der Waals surface area contributed by atoms with E-state index in [1.54, 1.807) is 5.01 Å². The van der Waals surface area contributed by atoms with Crippen molar-refractivity contribution >= 4 is 23.2 Å². The Labute approximate surface area is 183 Å². The summed E-state index contributed by atoms with van der Waals surface area (Å²) in [6, 6.07) is 16.7. The third kappa shape index (κ3) is 4.57. The Morgan fingerprint density at radius 3 is 2.52 bits per heavy atom. The third-order valence-corrected chi connectivity index (χ3v) is 5.92. The number of piperidine rings is 1. The molecule has 2 aromatic rings. The molecule has 2 aliphatic rings. The fourth-order valence-electron chi connectivity index (χ4n) is 4.49. The second kappa shape index (κ2) is 9.49. The summed E-state index contributed by atoms with van der Waals surface area (Å²) in [4.78, 5) is 28.7. The van der Waals surface area contributed by atoms with Crippen LogP contribution in [-0.4, -0.2) is 49.0 Å². The van der Waals surface area contributed by atoms with Gasteiger partial charge < -0.3 is 15.0 Å². The van der Waals surface area contributed by atoms with E-state index in [2.05, 4.69) is 22.6 Å². The topological polar surface area (TPSA) is 73.9 Å². The van der Waals surface area contributed by atoms with Gasteiger partial charge in [-0.1, -0.05) is 25.1 Å². The molecule has 0 radical (unpaired) electrons. The molecule has 2 amide bonds. The number of amides is 2. The number of hydrogen-bond acceptors (Lipinski definition) is 5. The molecule has 3 unspecified atom stereocenters. The number of carbonyl (C=O) groups is 2. The van der Waals surface area contributed by atoms with Crippen molar-refractivity contribution in [3.63, 3.8) is 0 Å². The lowest BCUT2D eigenvalue weighted by Crippen LogP contribution is -2.56. The molecule has 3 atom stereocenters. The molecule has 2 fully saturated rings. The van der Waals surface area contributed by atoms with Crippen LogP contribution >= 0.6 is 0 Å². The number of fused-ring (bicyclic) bond motifs is 1. The number of nitrogens with one attached hydrogen (secondary N) is 2. The first-order chi connectivity index (χ1) is 15.1. The molecular weight excluding hydrogens is 392 g/mol. The summed E-state index contributed by atoms with van der Waals surface area (Å²) in [5.41, 5.74) is 4.87. The van der Waals surface area contributed by atoms with Gasteiger partial charge in [0.05, 0.1) is 30.2 Å². The van der Waals surface area contributed by atoms with Gasteiger partial charge in [0.1, 0.15) is 5.75 Å². The van der Waals surface area contributed by atoms with E-state index in [0.29, 0.717) is 19.7 Å². The van der Waals surface area contributed by atoms with Crippen molar-refractivity contribution in [1.82, 2.24) is 10.3 Å². The highest BCUT2D eigenvalue weighted by Crippen LogP contribution is 2.32. The van der Waals surface area contributed by atoms with Crippen molar-refractivity contribution in [1.29, 1.82) is 0 Å². The van der Waals surface area contributed by atoms with Crippen LogP contribution in [0.5, 0.6) is 5.75 Å². The minimum Gasteiger partial charge on any atom is -0.494 e. The highest BCUT2D eigenvalue weighted by molar-refractivity contribution is 6.00. The summed E-state index contributed by atoms with van der Waals surface area (Å²) >= 11 is 0. The molecule has 31 heavy (non-hydrogen) atoms. The zero-order valence-electron chi connectivity index (χ0n) is 18.1. The molecule has 0 spiro atoms. The van der Waals surface area contributed by atoms with Crippen LogP contribution in [0.4, 0.5) is 11.4 Å². The molecule has 7 nitrogen and oxygen atoms in total. The molecule has 2 heterocycles. The largest absolute Gasteiger partial charge is 0.494 e. The Kier molecular flexibility index (Phi) is 6.53. The zero-order valence-corrected chi connectivity index (χ0v) is 18.1. The fourth-order valence-corrected chi connectivity index (χ4v) is 4.49. The Bertz CT molecular complexity index is 903. The number of hydrazine groups is 1. The highest BCUT2D eigenvalue weighted by Gasteiger charge is 2.50. The number of para-hydroxylation sites is 1. The number of nitrogens with zero attached hydrogens (tertiary/aromatic N) is 2. The second-order valence-electron chi connectivity index (χ2n) is 8.08. The van der Waals surface area contributed by atoms with Crippen molar-refractivity contribution in [2.75, 3.05) is 36.6 Å². The summed E-state index contributed by atoms with van der Waals surface area (Å²) in [6.45, 7) is 6.82. The molecule has 2 saturated heterocycles. The van der Waals surface area contributed by atoms with Crippen LogP contribution in [0, 0.1) is 11.8 Å². The normalized spacial score (nSPS) is 23.5.